The molecule has 0 N–H and O–H groups in total. The predicted octanol–water partition coefficient (Wildman–Crippen LogP) is 1.86. The van der Waals surface area contributed by atoms with Gasteiger partial charge in [-0.05, 0) is 0 Å². The molecule has 0 spiro atoms. The Balaban J connectivity index is 2.29. The largest absolute Gasteiger partial charge is 0.361 e. The monoisotopic (exact) mass is 211 g/mol. The van der Waals surface area contributed by atoms with E-state index in [4.69, 9.17) is 16.1 Å². The third kappa shape index (κ3) is 1.65. The molecule has 2 aromatic rings. The summed E-state index contributed by atoms with van der Waals surface area (Å²) in [7, 11) is 1.91. The molecular weight excluding hydrogens is 202 g/mol. The zero-order valence-electron chi connectivity index (χ0n) is 7.77. The van der Waals surface area contributed by atoms with E-state index in [9.17, 15) is 0 Å². The van der Waals surface area contributed by atoms with E-state index >= 15 is 0 Å². The first-order chi connectivity index (χ1) is 6.81. The number of rotatable bonds is 3. The summed E-state index contributed by atoms with van der Waals surface area (Å²) in [6, 6.07) is 1.89. The fraction of sp³-hybridized carbons (Fsp3) is 0.333. The number of aromatic nitrogens is 3. The summed E-state index contributed by atoms with van der Waals surface area (Å²) in [6.45, 7) is 0. The molecule has 5 heteroatoms. The van der Waals surface area contributed by atoms with E-state index in [0.29, 0.717) is 12.3 Å². The Morgan fingerprint density at radius 2 is 2.43 bits per heavy atom. The van der Waals surface area contributed by atoms with Crippen molar-refractivity contribution in [3.63, 3.8) is 0 Å². The lowest BCUT2D eigenvalue weighted by Crippen LogP contribution is -1.88. The molecule has 0 fully saturated rings. The SMILES string of the molecule is Cn1cncc1-c1cc(CCCl)on1. The van der Waals surface area contributed by atoms with Crippen LogP contribution in [0.2, 0.25) is 0 Å². The molecule has 74 valence electrons. The van der Waals surface area contributed by atoms with Crippen LogP contribution in [-0.2, 0) is 13.5 Å². The number of hydrogen-bond acceptors (Lipinski definition) is 3. The molecule has 14 heavy (non-hydrogen) atoms. The molecule has 0 atom stereocenters. The molecule has 4 nitrogen and oxygen atoms in total. The molecule has 0 aliphatic heterocycles. The van der Waals surface area contributed by atoms with Crippen LogP contribution in [0.4, 0.5) is 0 Å². The minimum atomic E-state index is 0.542. The van der Waals surface area contributed by atoms with Crippen LogP contribution in [0.25, 0.3) is 11.4 Å². The van der Waals surface area contributed by atoms with Gasteiger partial charge >= 0.3 is 0 Å². The lowest BCUT2D eigenvalue weighted by Gasteiger charge is -1.93. The van der Waals surface area contributed by atoms with Gasteiger partial charge in [-0.15, -0.1) is 11.6 Å². The number of nitrogens with zero attached hydrogens (tertiary/aromatic N) is 3. The van der Waals surface area contributed by atoms with Crippen molar-refractivity contribution in [3.8, 4) is 11.4 Å². The van der Waals surface area contributed by atoms with Crippen molar-refractivity contribution >= 4 is 11.6 Å². The van der Waals surface area contributed by atoms with Crippen molar-refractivity contribution in [3.05, 3.63) is 24.4 Å². The minimum Gasteiger partial charge on any atom is -0.361 e. The van der Waals surface area contributed by atoms with Gasteiger partial charge in [0.15, 0.2) is 0 Å². The first-order valence-electron chi connectivity index (χ1n) is 4.29. The second-order valence-electron chi connectivity index (χ2n) is 3.01. The quantitative estimate of drug-likeness (QED) is 0.728. The topological polar surface area (TPSA) is 43.9 Å². The van der Waals surface area contributed by atoms with Crippen LogP contribution in [0, 0.1) is 0 Å². The van der Waals surface area contributed by atoms with Gasteiger partial charge < -0.3 is 9.09 Å². The van der Waals surface area contributed by atoms with Gasteiger partial charge in [-0.1, -0.05) is 5.16 Å². The molecule has 2 heterocycles. The second-order valence-corrected chi connectivity index (χ2v) is 3.39. The van der Waals surface area contributed by atoms with Crippen molar-refractivity contribution in [1.29, 1.82) is 0 Å². The number of hydrogen-bond donors (Lipinski definition) is 0. The molecule has 0 aromatic carbocycles. The molecule has 0 amide bonds. The Morgan fingerprint density at radius 3 is 3.07 bits per heavy atom. The number of halogens is 1. The molecule has 0 unspecified atom stereocenters. The third-order valence-corrected chi connectivity index (χ3v) is 2.17. The third-order valence-electron chi connectivity index (χ3n) is 1.98. The number of aryl methyl sites for hydroxylation is 2. The molecule has 0 aliphatic carbocycles. The highest BCUT2D eigenvalue weighted by Crippen LogP contribution is 2.18. The first kappa shape index (κ1) is 9.27. The summed E-state index contributed by atoms with van der Waals surface area (Å²) in [5, 5.41) is 3.94. The zero-order valence-corrected chi connectivity index (χ0v) is 8.53. The van der Waals surface area contributed by atoms with Gasteiger partial charge in [-0.2, -0.15) is 0 Å². The normalized spacial score (nSPS) is 10.7. The Hall–Kier alpha value is -1.29. The van der Waals surface area contributed by atoms with E-state index in [1.54, 1.807) is 12.5 Å². The second kappa shape index (κ2) is 3.84. The van der Waals surface area contributed by atoms with Crippen molar-refractivity contribution in [2.45, 2.75) is 6.42 Å². The van der Waals surface area contributed by atoms with Crippen molar-refractivity contribution in [2.75, 3.05) is 5.88 Å². The Morgan fingerprint density at radius 1 is 1.57 bits per heavy atom. The van der Waals surface area contributed by atoms with Crippen LogP contribution in [0.15, 0.2) is 23.1 Å². The van der Waals surface area contributed by atoms with Crippen molar-refractivity contribution < 1.29 is 4.52 Å². The Kier molecular flexibility index (Phi) is 2.54. The van der Waals surface area contributed by atoms with E-state index in [1.165, 1.54) is 0 Å². The fourth-order valence-corrected chi connectivity index (χ4v) is 1.43. The summed E-state index contributed by atoms with van der Waals surface area (Å²) < 4.78 is 7.00. The summed E-state index contributed by atoms with van der Waals surface area (Å²) in [5.74, 6) is 1.34. The smallest absolute Gasteiger partial charge is 0.138 e. The molecule has 2 aromatic heterocycles. The van der Waals surface area contributed by atoms with Crippen LogP contribution < -0.4 is 0 Å². The van der Waals surface area contributed by atoms with Crippen LogP contribution >= 0.6 is 11.6 Å². The highest BCUT2D eigenvalue weighted by atomic mass is 35.5. The number of alkyl halides is 1. The average molecular weight is 212 g/mol. The Labute approximate surface area is 86.5 Å². The summed E-state index contributed by atoms with van der Waals surface area (Å²) in [5.41, 5.74) is 1.74. The maximum absolute atomic E-state index is 5.60. The molecule has 0 radical (unpaired) electrons. The van der Waals surface area contributed by atoms with Crippen LogP contribution in [0.1, 0.15) is 5.76 Å². The highest BCUT2D eigenvalue weighted by molar-refractivity contribution is 6.17. The molecule has 2 rings (SSSR count). The first-order valence-corrected chi connectivity index (χ1v) is 4.83. The van der Waals surface area contributed by atoms with Crippen molar-refractivity contribution in [2.24, 2.45) is 7.05 Å². The van der Waals surface area contributed by atoms with Gasteiger partial charge in [-0.25, -0.2) is 4.98 Å². The van der Waals surface area contributed by atoms with Gasteiger partial charge in [0.2, 0.25) is 0 Å². The molecule has 0 aliphatic rings. The average Bonchev–Trinajstić information content (AvgIpc) is 2.74. The van der Waals surface area contributed by atoms with Gasteiger partial charge in [0, 0.05) is 25.4 Å². The van der Waals surface area contributed by atoms with Crippen LogP contribution in [0.3, 0.4) is 0 Å². The predicted molar refractivity (Wildman–Crippen MR) is 53.1 cm³/mol. The summed E-state index contributed by atoms with van der Waals surface area (Å²) in [6.07, 6.45) is 4.18. The molecular formula is C9H10ClN3O. The van der Waals surface area contributed by atoms with Gasteiger partial charge in [0.25, 0.3) is 0 Å². The maximum atomic E-state index is 5.60. The van der Waals surface area contributed by atoms with E-state index in [-0.39, 0.29) is 0 Å². The van der Waals surface area contributed by atoms with E-state index in [0.717, 1.165) is 17.1 Å². The summed E-state index contributed by atoms with van der Waals surface area (Å²) >= 11 is 5.60. The van der Waals surface area contributed by atoms with Crippen LogP contribution in [0.5, 0.6) is 0 Å². The molecule has 0 saturated heterocycles. The summed E-state index contributed by atoms with van der Waals surface area (Å²) in [4.78, 5) is 4.01. The van der Waals surface area contributed by atoms with Crippen LogP contribution in [-0.4, -0.2) is 20.6 Å². The minimum absolute atomic E-state index is 0.542. The molecule has 0 bridgehead atoms. The molecule has 0 saturated carbocycles. The maximum Gasteiger partial charge on any atom is 0.138 e. The van der Waals surface area contributed by atoms with Gasteiger partial charge in [0.1, 0.15) is 11.5 Å². The van der Waals surface area contributed by atoms with Gasteiger partial charge in [-0.3, -0.25) is 0 Å². The number of imidazole rings is 1. The van der Waals surface area contributed by atoms with E-state index in [2.05, 4.69) is 10.1 Å². The Bertz CT molecular complexity index is 421. The van der Waals surface area contributed by atoms with E-state index in [1.807, 2.05) is 17.7 Å². The van der Waals surface area contributed by atoms with Gasteiger partial charge in [0.05, 0.1) is 18.2 Å². The van der Waals surface area contributed by atoms with Crippen molar-refractivity contribution in [1.82, 2.24) is 14.7 Å². The van der Waals surface area contributed by atoms with E-state index < -0.39 is 0 Å². The highest BCUT2D eigenvalue weighted by Gasteiger charge is 2.08. The lowest BCUT2D eigenvalue weighted by atomic mass is 10.3. The lowest BCUT2D eigenvalue weighted by molar-refractivity contribution is 0.389. The fourth-order valence-electron chi connectivity index (χ4n) is 1.25. The standard InChI is InChI=1S/C9H10ClN3O/c1-13-6-11-5-9(13)8-4-7(2-3-10)14-12-8/h4-6H,2-3H2,1H3. The zero-order chi connectivity index (χ0) is 9.97.